The molecule has 9 nitrogen and oxygen atoms in total. The predicted octanol–water partition coefficient (Wildman–Crippen LogP) is 4.47. The summed E-state index contributed by atoms with van der Waals surface area (Å²) in [5.41, 5.74) is 0.768. The van der Waals surface area contributed by atoms with Crippen molar-refractivity contribution in [2.24, 2.45) is 17.8 Å². The van der Waals surface area contributed by atoms with Gasteiger partial charge < -0.3 is 15.2 Å². The molecule has 0 aliphatic heterocycles. The fourth-order valence-electron chi connectivity index (χ4n) is 5.47. The number of fused-ring (bicyclic) bond motifs is 1. The average molecular weight is 565 g/mol. The third-order valence-corrected chi connectivity index (χ3v) is 8.24. The van der Waals surface area contributed by atoms with E-state index < -0.39 is 6.10 Å². The molecule has 0 bridgehead atoms. The number of carbonyl (C=O) groups is 1. The van der Waals surface area contributed by atoms with E-state index in [0.29, 0.717) is 64.7 Å². The minimum atomic E-state index is -0.601. The van der Waals surface area contributed by atoms with Gasteiger partial charge in [-0.3, -0.25) is 18.7 Å². The molecule has 40 heavy (non-hydrogen) atoms. The second-order valence-electron chi connectivity index (χ2n) is 11.2. The van der Waals surface area contributed by atoms with Crippen molar-refractivity contribution in [2.75, 3.05) is 11.9 Å². The highest BCUT2D eigenvalue weighted by Gasteiger charge is 2.33. The smallest absolute Gasteiger partial charge is 0.331 e. The van der Waals surface area contributed by atoms with Crippen LogP contribution in [-0.2, 0) is 11.3 Å². The van der Waals surface area contributed by atoms with Gasteiger partial charge in [0.05, 0.1) is 34.2 Å². The largest absolute Gasteiger partial charge is 0.493 e. The van der Waals surface area contributed by atoms with Crippen LogP contribution in [0.3, 0.4) is 0 Å². The molecule has 3 aromatic rings. The van der Waals surface area contributed by atoms with Crippen LogP contribution < -0.4 is 21.3 Å². The third-order valence-electron chi connectivity index (χ3n) is 7.93. The molecule has 2 aromatic carbocycles. The monoisotopic (exact) mass is 564 g/mol. The van der Waals surface area contributed by atoms with Gasteiger partial charge in [-0.1, -0.05) is 11.6 Å². The van der Waals surface area contributed by atoms with Crippen LogP contribution in [0.5, 0.6) is 5.75 Å². The van der Waals surface area contributed by atoms with Gasteiger partial charge in [-0.2, -0.15) is 5.26 Å². The zero-order valence-electron chi connectivity index (χ0n) is 22.6. The summed E-state index contributed by atoms with van der Waals surface area (Å²) in [6.45, 7) is 4.45. The lowest BCUT2D eigenvalue weighted by Gasteiger charge is -2.32. The van der Waals surface area contributed by atoms with Crippen LogP contribution in [0.15, 0.2) is 46.0 Å². The van der Waals surface area contributed by atoms with E-state index in [0.717, 1.165) is 12.8 Å². The number of hydrogen-bond donors (Lipinski definition) is 2. The molecule has 1 amide bonds. The number of aromatic nitrogens is 2. The fraction of sp³-hybridized carbons (Fsp3) is 0.467. The van der Waals surface area contributed by atoms with Crippen LogP contribution >= 0.6 is 11.6 Å². The Morgan fingerprint density at radius 3 is 2.62 bits per heavy atom. The number of benzene rings is 2. The first-order chi connectivity index (χ1) is 19.2. The summed E-state index contributed by atoms with van der Waals surface area (Å²) in [7, 11) is 0. The second-order valence-corrected chi connectivity index (χ2v) is 11.6. The Morgan fingerprint density at radius 1 is 1.18 bits per heavy atom. The van der Waals surface area contributed by atoms with E-state index in [1.54, 1.807) is 41.0 Å². The fourth-order valence-corrected chi connectivity index (χ4v) is 5.68. The minimum Gasteiger partial charge on any atom is -0.493 e. The first-order valence-corrected chi connectivity index (χ1v) is 14.1. The highest BCUT2D eigenvalue weighted by Crippen LogP contribution is 2.32. The summed E-state index contributed by atoms with van der Waals surface area (Å²) in [4.78, 5) is 39.7. The van der Waals surface area contributed by atoms with Gasteiger partial charge in [0.15, 0.2) is 0 Å². The molecule has 0 radical (unpaired) electrons. The van der Waals surface area contributed by atoms with E-state index in [2.05, 4.69) is 5.32 Å². The summed E-state index contributed by atoms with van der Waals surface area (Å²) in [6, 6.07) is 11.8. The summed E-state index contributed by atoms with van der Waals surface area (Å²) in [5.74, 6) is 0.0668. The van der Waals surface area contributed by atoms with Gasteiger partial charge in [-0.25, -0.2) is 4.79 Å². The average Bonchev–Trinajstić information content (AvgIpc) is 3.75. The molecule has 2 N–H and O–H groups in total. The number of rotatable bonds is 8. The maximum atomic E-state index is 13.3. The Morgan fingerprint density at radius 2 is 1.95 bits per heavy atom. The van der Waals surface area contributed by atoms with E-state index in [-0.39, 0.29) is 41.6 Å². The molecule has 10 heteroatoms. The molecule has 2 fully saturated rings. The van der Waals surface area contributed by atoms with Crippen LogP contribution in [0.2, 0.25) is 5.02 Å². The van der Waals surface area contributed by atoms with Crippen molar-refractivity contribution in [3.8, 4) is 11.8 Å². The topological polar surface area (TPSA) is 126 Å². The second kappa shape index (κ2) is 11.5. The molecule has 1 aromatic heterocycles. The van der Waals surface area contributed by atoms with E-state index in [4.69, 9.17) is 21.6 Å². The van der Waals surface area contributed by atoms with Crippen molar-refractivity contribution in [1.82, 2.24) is 9.13 Å². The Kier molecular flexibility index (Phi) is 8.02. The van der Waals surface area contributed by atoms with Crippen LogP contribution in [0, 0.1) is 29.1 Å². The first kappa shape index (κ1) is 27.9. The zero-order valence-corrected chi connectivity index (χ0v) is 23.4. The lowest BCUT2D eigenvalue weighted by molar-refractivity contribution is -0.122. The maximum Gasteiger partial charge on any atom is 0.331 e. The number of hydrogen-bond acceptors (Lipinski definition) is 6. The summed E-state index contributed by atoms with van der Waals surface area (Å²) < 4.78 is 8.81. The molecule has 210 valence electrons. The molecule has 3 unspecified atom stereocenters. The van der Waals surface area contributed by atoms with Gasteiger partial charge in [0, 0.05) is 36.2 Å². The number of nitriles is 1. The molecule has 2 aliphatic carbocycles. The van der Waals surface area contributed by atoms with Crippen molar-refractivity contribution in [3.05, 3.63) is 67.8 Å². The molecule has 0 saturated heterocycles. The molecule has 3 atom stereocenters. The Balaban J connectivity index is 1.31. The highest BCUT2D eigenvalue weighted by molar-refractivity contribution is 6.31. The van der Waals surface area contributed by atoms with Crippen molar-refractivity contribution in [2.45, 2.75) is 64.6 Å². The summed E-state index contributed by atoms with van der Waals surface area (Å²) >= 11 is 6.09. The number of nitrogens with one attached hydrogen (secondary N) is 1. The Hall–Kier alpha value is -3.61. The standard InChI is InChI=1S/C30H33ClN4O5/c1-17(2)35-26-9-7-22(12-24(26)29(38)34(30(35)39)15-18-3-4-18)33-28(37)19-6-10-27(36)21(11-19)16-40-23-8-5-20(14-32)25(31)13-23/h5,7-9,12-13,17-19,21,27,36H,3-4,6,10-11,15-16H2,1-2H3,(H,33,37). The molecule has 5 rings (SSSR count). The predicted molar refractivity (Wildman–Crippen MR) is 153 cm³/mol. The normalized spacial score (nSPS) is 20.9. The molecular weight excluding hydrogens is 532 g/mol. The summed E-state index contributed by atoms with van der Waals surface area (Å²) in [5, 5.41) is 23.3. The van der Waals surface area contributed by atoms with Gasteiger partial charge in [0.2, 0.25) is 5.91 Å². The van der Waals surface area contributed by atoms with E-state index >= 15 is 0 Å². The Bertz CT molecular complexity index is 1600. The van der Waals surface area contributed by atoms with Gasteiger partial charge in [-0.15, -0.1) is 0 Å². The van der Waals surface area contributed by atoms with Gasteiger partial charge in [0.25, 0.3) is 5.56 Å². The van der Waals surface area contributed by atoms with Gasteiger partial charge >= 0.3 is 5.69 Å². The number of ether oxygens (including phenoxy) is 1. The van der Waals surface area contributed by atoms with Crippen molar-refractivity contribution >= 4 is 34.1 Å². The highest BCUT2D eigenvalue weighted by atomic mass is 35.5. The number of aliphatic hydroxyl groups excluding tert-OH is 1. The molecule has 0 spiro atoms. The number of amides is 1. The first-order valence-electron chi connectivity index (χ1n) is 13.8. The lowest BCUT2D eigenvalue weighted by Crippen LogP contribution is -2.41. The van der Waals surface area contributed by atoms with E-state index in [1.807, 2.05) is 19.9 Å². The lowest BCUT2D eigenvalue weighted by atomic mass is 9.79. The van der Waals surface area contributed by atoms with E-state index in [9.17, 15) is 19.5 Å². The number of aliphatic hydroxyl groups is 1. The number of halogens is 1. The van der Waals surface area contributed by atoms with Crippen molar-refractivity contribution in [3.63, 3.8) is 0 Å². The SMILES string of the molecule is CC(C)n1c(=O)n(CC2CC2)c(=O)c2cc(NC(=O)C3CCC(O)C(COc4ccc(C#N)c(Cl)c4)C3)ccc21. The molecule has 1 heterocycles. The third kappa shape index (κ3) is 5.79. The van der Waals surface area contributed by atoms with Crippen LogP contribution in [0.25, 0.3) is 10.9 Å². The zero-order chi connectivity index (χ0) is 28.6. The van der Waals surface area contributed by atoms with Gasteiger partial charge in [-0.05, 0) is 82.2 Å². The minimum absolute atomic E-state index is 0.130. The summed E-state index contributed by atoms with van der Waals surface area (Å²) in [6.07, 6.45) is 2.86. The van der Waals surface area contributed by atoms with Gasteiger partial charge in [0.1, 0.15) is 11.8 Å². The van der Waals surface area contributed by atoms with Crippen molar-refractivity contribution in [1.29, 1.82) is 5.26 Å². The van der Waals surface area contributed by atoms with Crippen LogP contribution in [0.4, 0.5) is 5.69 Å². The van der Waals surface area contributed by atoms with Crippen LogP contribution in [-0.4, -0.2) is 32.9 Å². The molecular formula is C30H33ClN4O5. The number of anilines is 1. The molecule has 2 aliphatic rings. The molecule has 2 saturated carbocycles. The van der Waals surface area contributed by atoms with E-state index in [1.165, 1.54) is 4.57 Å². The van der Waals surface area contributed by atoms with Crippen molar-refractivity contribution < 1.29 is 14.6 Å². The number of carbonyl (C=O) groups excluding carboxylic acids is 1. The Labute approximate surface area is 236 Å². The van der Waals surface area contributed by atoms with Crippen LogP contribution in [0.1, 0.15) is 57.6 Å². The maximum absolute atomic E-state index is 13.3. The number of nitrogens with zero attached hydrogens (tertiary/aromatic N) is 3. The quantitative estimate of drug-likeness (QED) is 0.415.